The molecule has 8 nitrogen and oxygen atoms in total. The van der Waals surface area contributed by atoms with Gasteiger partial charge in [-0.2, -0.15) is 4.98 Å². The number of anilines is 3. The molecule has 11 heteroatoms. The van der Waals surface area contributed by atoms with Crippen molar-refractivity contribution in [2.24, 2.45) is 0 Å². The summed E-state index contributed by atoms with van der Waals surface area (Å²) in [5, 5.41) is 14.6. The molecule has 0 spiro atoms. The number of nitrogens with zero attached hydrogens (tertiary/aromatic N) is 4. The SMILES string of the molecule is CCN1CCCC(Nc2cc(C)nc(N(C)C(=N)Nc3ccc(OC(F)(F)F)cc3)n2)C1. The molecule has 32 heavy (non-hydrogen) atoms. The molecule has 1 aromatic heterocycles. The normalized spacial score (nSPS) is 17.0. The maximum absolute atomic E-state index is 12.3. The predicted octanol–water partition coefficient (Wildman–Crippen LogP) is 4.06. The van der Waals surface area contributed by atoms with Gasteiger partial charge in [0.25, 0.3) is 0 Å². The highest BCUT2D eigenvalue weighted by Gasteiger charge is 2.31. The highest BCUT2D eigenvalue weighted by atomic mass is 19.4. The largest absolute Gasteiger partial charge is 0.573 e. The number of ether oxygens (including phenoxy) is 1. The number of nitrogens with one attached hydrogen (secondary N) is 3. The second-order valence-corrected chi connectivity index (χ2v) is 7.68. The second kappa shape index (κ2) is 10.0. The number of likely N-dealkylation sites (tertiary alicyclic amines) is 1. The minimum absolute atomic E-state index is 0.0270. The van der Waals surface area contributed by atoms with Gasteiger partial charge in [0.05, 0.1) is 0 Å². The van der Waals surface area contributed by atoms with Gasteiger partial charge in [0, 0.05) is 37.1 Å². The van der Waals surface area contributed by atoms with Crippen molar-refractivity contribution in [1.29, 1.82) is 5.41 Å². The molecule has 0 amide bonds. The summed E-state index contributed by atoms with van der Waals surface area (Å²) in [5.74, 6) is 0.680. The molecular weight excluding hydrogens is 423 g/mol. The van der Waals surface area contributed by atoms with Crippen LogP contribution in [0.2, 0.25) is 0 Å². The van der Waals surface area contributed by atoms with Crippen LogP contribution in [-0.4, -0.2) is 59.9 Å². The molecule has 2 heterocycles. The third kappa shape index (κ3) is 6.71. The van der Waals surface area contributed by atoms with Gasteiger partial charge in [0.2, 0.25) is 11.9 Å². The number of likely N-dealkylation sites (N-methyl/N-ethyl adjacent to an activating group) is 1. The van der Waals surface area contributed by atoms with Crippen LogP contribution in [-0.2, 0) is 0 Å². The Hall–Kier alpha value is -3.08. The fraction of sp³-hybridized carbons (Fsp3) is 0.476. The van der Waals surface area contributed by atoms with Crippen LogP contribution >= 0.6 is 0 Å². The molecule has 2 aromatic rings. The summed E-state index contributed by atoms with van der Waals surface area (Å²) in [6.07, 6.45) is -2.55. The molecule has 3 rings (SSSR count). The van der Waals surface area contributed by atoms with Crippen molar-refractivity contribution in [3.05, 3.63) is 36.0 Å². The Morgan fingerprint density at radius 3 is 2.66 bits per heavy atom. The zero-order chi connectivity index (χ0) is 23.3. The minimum atomic E-state index is -4.75. The van der Waals surface area contributed by atoms with E-state index in [1.54, 1.807) is 7.05 Å². The molecule has 1 saturated heterocycles. The zero-order valence-corrected chi connectivity index (χ0v) is 18.3. The summed E-state index contributed by atoms with van der Waals surface area (Å²) in [5.41, 5.74) is 1.19. The molecule has 174 valence electrons. The van der Waals surface area contributed by atoms with Crippen molar-refractivity contribution in [1.82, 2.24) is 14.9 Å². The fourth-order valence-corrected chi connectivity index (χ4v) is 3.51. The maximum atomic E-state index is 12.3. The van der Waals surface area contributed by atoms with Crippen LogP contribution < -0.4 is 20.3 Å². The topological polar surface area (TPSA) is 89.4 Å². The Morgan fingerprint density at radius 1 is 1.28 bits per heavy atom. The summed E-state index contributed by atoms with van der Waals surface area (Å²) in [4.78, 5) is 12.8. The van der Waals surface area contributed by atoms with Crippen LogP contribution in [0.4, 0.5) is 30.6 Å². The molecule has 3 N–H and O–H groups in total. The standard InChI is InChI=1S/C21H28F3N7O/c1-4-31-11-5-6-16(13-31)27-18-12-14(2)26-20(29-18)30(3)19(25)28-15-7-9-17(10-8-15)32-21(22,23)24/h7-10,12,16H,4-6,11,13H2,1-3H3,(H2,25,28)(H,26,27,29). The number of aryl methyl sites for hydroxylation is 1. The van der Waals surface area contributed by atoms with Crippen LogP contribution in [0.25, 0.3) is 0 Å². The minimum Gasteiger partial charge on any atom is -0.406 e. The number of hydrogen-bond acceptors (Lipinski definition) is 6. The first kappa shape index (κ1) is 23.6. The number of guanidine groups is 1. The third-order valence-electron chi connectivity index (χ3n) is 5.13. The number of rotatable bonds is 6. The lowest BCUT2D eigenvalue weighted by Gasteiger charge is -2.32. The monoisotopic (exact) mass is 451 g/mol. The van der Waals surface area contributed by atoms with E-state index in [0.717, 1.165) is 38.2 Å². The van der Waals surface area contributed by atoms with Crippen molar-refractivity contribution in [3.8, 4) is 5.75 Å². The number of halogens is 3. The summed E-state index contributed by atoms with van der Waals surface area (Å²) < 4.78 is 40.7. The lowest BCUT2D eigenvalue weighted by Crippen LogP contribution is -2.42. The van der Waals surface area contributed by atoms with Gasteiger partial charge < -0.3 is 20.3 Å². The summed E-state index contributed by atoms with van der Waals surface area (Å²) in [6.45, 7) is 7.09. The van der Waals surface area contributed by atoms with Crippen molar-refractivity contribution in [3.63, 3.8) is 0 Å². The molecular formula is C21H28F3N7O. The zero-order valence-electron chi connectivity index (χ0n) is 18.3. The van der Waals surface area contributed by atoms with Crippen LogP contribution in [0.3, 0.4) is 0 Å². The van der Waals surface area contributed by atoms with Crippen LogP contribution in [0.1, 0.15) is 25.5 Å². The Balaban J connectivity index is 1.65. The first-order valence-electron chi connectivity index (χ1n) is 10.4. The van der Waals surface area contributed by atoms with E-state index < -0.39 is 6.36 Å². The van der Waals surface area contributed by atoms with E-state index in [1.807, 2.05) is 13.0 Å². The lowest BCUT2D eigenvalue weighted by molar-refractivity contribution is -0.274. The van der Waals surface area contributed by atoms with Crippen molar-refractivity contribution >= 4 is 23.4 Å². The quantitative estimate of drug-likeness (QED) is 0.451. The maximum Gasteiger partial charge on any atom is 0.573 e. The van der Waals surface area contributed by atoms with Crippen molar-refractivity contribution < 1.29 is 17.9 Å². The lowest BCUT2D eigenvalue weighted by atomic mass is 10.1. The number of benzene rings is 1. The van der Waals surface area contributed by atoms with Gasteiger partial charge in [-0.05, 0) is 57.1 Å². The van der Waals surface area contributed by atoms with Gasteiger partial charge >= 0.3 is 6.36 Å². The summed E-state index contributed by atoms with van der Waals surface area (Å²) in [7, 11) is 1.65. The van der Waals surface area contributed by atoms with Crippen LogP contribution in [0, 0.1) is 12.3 Å². The Kier molecular flexibility index (Phi) is 7.39. The van der Waals surface area contributed by atoms with E-state index in [1.165, 1.54) is 29.2 Å². The second-order valence-electron chi connectivity index (χ2n) is 7.68. The molecule has 0 aliphatic carbocycles. The number of piperidine rings is 1. The Bertz CT molecular complexity index is 921. The fourth-order valence-electron chi connectivity index (χ4n) is 3.51. The Morgan fingerprint density at radius 2 is 2.00 bits per heavy atom. The molecule has 1 aromatic carbocycles. The molecule has 0 bridgehead atoms. The first-order chi connectivity index (χ1) is 15.1. The van der Waals surface area contributed by atoms with Crippen molar-refractivity contribution in [2.75, 3.05) is 42.2 Å². The summed E-state index contributed by atoms with van der Waals surface area (Å²) >= 11 is 0. The molecule has 1 unspecified atom stereocenters. The smallest absolute Gasteiger partial charge is 0.406 e. The molecule has 0 radical (unpaired) electrons. The molecule has 1 aliphatic rings. The van der Waals surface area contributed by atoms with Gasteiger partial charge in [-0.25, -0.2) is 4.98 Å². The number of alkyl halides is 3. The van der Waals surface area contributed by atoms with Gasteiger partial charge in [0.15, 0.2) is 0 Å². The molecule has 1 aliphatic heterocycles. The average molecular weight is 451 g/mol. The van der Waals surface area contributed by atoms with Crippen LogP contribution in [0.5, 0.6) is 5.75 Å². The number of hydrogen-bond donors (Lipinski definition) is 3. The third-order valence-corrected chi connectivity index (χ3v) is 5.13. The van der Waals surface area contributed by atoms with E-state index in [-0.39, 0.29) is 11.7 Å². The average Bonchev–Trinajstić information content (AvgIpc) is 2.73. The van der Waals surface area contributed by atoms with E-state index in [2.05, 4.69) is 37.2 Å². The molecule has 1 atom stereocenters. The molecule has 0 saturated carbocycles. The van der Waals surface area contributed by atoms with E-state index in [9.17, 15) is 13.2 Å². The highest BCUT2D eigenvalue weighted by Crippen LogP contribution is 2.24. The van der Waals surface area contributed by atoms with Gasteiger partial charge in [0.1, 0.15) is 11.6 Å². The van der Waals surface area contributed by atoms with E-state index in [0.29, 0.717) is 23.5 Å². The predicted molar refractivity (Wildman–Crippen MR) is 118 cm³/mol. The van der Waals surface area contributed by atoms with Gasteiger partial charge in [-0.3, -0.25) is 10.3 Å². The number of aromatic nitrogens is 2. The van der Waals surface area contributed by atoms with Crippen LogP contribution in [0.15, 0.2) is 30.3 Å². The Labute approximate surface area is 185 Å². The first-order valence-corrected chi connectivity index (χ1v) is 10.4. The van der Waals surface area contributed by atoms with Gasteiger partial charge in [-0.15, -0.1) is 13.2 Å². The van der Waals surface area contributed by atoms with Gasteiger partial charge in [-0.1, -0.05) is 6.92 Å². The molecule has 1 fully saturated rings. The summed E-state index contributed by atoms with van der Waals surface area (Å²) in [6, 6.07) is 7.33. The van der Waals surface area contributed by atoms with Crippen molar-refractivity contribution in [2.45, 2.75) is 39.1 Å². The van der Waals surface area contributed by atoms with E-state index in [4.69, 9.17) is 5.41 Å². The highest BCUT2D eigenvalue weighted by molar-refractivity contribution is 6.02. The van der Waals surface area contributed by atoms with E-state index >= 15 is 0 Å².